The molecule has 3 rings (SSSR count). The smallest absolute Gasteiger partial charge is 0.257 e. The number of nitrogens with zero attached hydrogens (tertiary/aromatic N) is 4. The molecule has 0 radical (unpaired) electrons. The Labute approximate surface area is 111 Å². The largest absolute Gasteiger partial charge is 0.348 e. The number of amides is 1. The third kappa shape index (κ3) is 2.38. The first kappa shape index (κ1) is 12.0. The zero-order valence-electron chi connectivity index (χ0n) is 10.9. The van der Waals surface area contributed by atoms with Gasteiger partial charge in [-0.15, -0.1) is 0 Å². The fourth-order valence-electron chi connectivity index (χ4n) is 2.60. The number of aryl methyl sites for hydroxylation is 1. The second-order valence-corrected chi connectivity index (χ2v) is 4.97. The molecular formula is C13H17N5O. The van der Waals surface area contributed by atoms with Crippen molar-refractivity contribution in [2.45, 2.75) is 18.8 Å². The SMILES string of the molecule is Cn1cc(C(=O)N2CCC[C@H](c3ncc[nH]3)C2)cn1. The Kier molecular flexibility index (Phi) is 3.06. The van der Waals surface area contributed by atoms with E-state index in [2.05, 4.69) is 15.1 Å². The van der Waals surface area contributed by atoms with E-state index in [-0.39, 0.29) is 5.91 Å². The van der Waals surface area contributed by atoms with Crippen molar-refractivity contribution in [2.75, 3.05) is 13.1 Å². The first-order valence-corrected chi connectivity index (χ1v) is 6.51. The molecule has 3 heterocycles. The standard InChI is InChI=1S/C13H17N5O/c1-17-8-11(7-16-17)13(19)18-6-2-3-10(9-18)12-14-4-5-15-12/h4-5,7-8,10H,2-3,6,9H2,1H3,(H,14,15)/t10-/m0/s1. The highest BCUT2D eigenvalue weighted by atomic mass is 16.2. The van der Waals surface area contributed by atoms with Gasteiger partial charge in [0.15, 0.2) is 0 Å². The van der Waals surface area contributed by atoms with Crippen LogP contribution in [0.25, 0.3) is 0 Å². The molecule has 1 saturated heterocycles. The van der Waals surface area contributed by atoms with E-state index in [4.69, 9.17) is 0 Å². The van der Waals surface area contributed by atoms with Crippen LogP contribution in [0.15, 0.2) is 24.8 Å². The molecular weight excluding hydrogens is 242 g/mol. The molecule has 0 spiro atoms. The van der Waals surface area contributed by atoms with Gasteiger partial charge in [0.25, 0.3) is 5.91 Å². The van der Waals surface area contributed by atoms with Gasteiger partial charge in [-0.05, 0) is 12.8 Å². The summed E-state index contributed by atoms with van der Waals surface area (Å²) in [5.41, 5.74) is 0.655. The van der Waals surface area contributed by atoms with E-state index < -0.39 is 0 Å². The van der Waals surface area contributed by atoms with Crippen LogP contribution in [0.5, 0.6) is 0 Å². The summed E-state index contributed by atoms with van der Waals surface area (Å²) in [5, 5.41) is 4.05. The summed E-state index contributed by atoms with van der Waals surface area (Å²) in [7, 11) is 1.82. The average molecular weight is 259 g/mol. The van der Waals surface area contributed by atoms with Gasteiger partial charge in [0.2, 0.25) is 0 Å². The normalized spacial score (nSPS) is 19.6. The number of likely N-dealkylation sites (tertiary alicyclic amines) is 1. The van der Waals surface area contributed by atoms with Crippen molar-refractivity contribution >= 4 is 5.91 Å². The quantitative estimate of drug-likeness (QED) is 0.880. The van der Waals surface area contributed by atoms with Crippen molar-refractivity contribution in [2.24, 2.45) is 7.05 Å². The number of H-pyrrole nitrogens is 1. The lowest BCUT2D eigenvalue weighted by Gasteiger charge is -2.31. The highest BCUT2D eigenvalue weighted by Crippen LogP contribution is 2.25. The minimum atomic E-state index is 0.0596. The summed E-state index contributed by atoms with van der Waals surface area (Å²) in [6, 6.07) is 0. The second-order valence-electron chi connectivity index (χ2n) is 4.97. The van der Waals surface area contributed by atoms with E-state index in [1.54, 1.807) is 23.3 Å². The topological polar surface area (TPSA) is 66.8 Å². The van der Waals surface area contributed by atoms with Crippen LogP contribution in [-0.4, -0.2) is 43.6 Å². The summed E-state index contributed by atoms with van der Waals surface area (Å²) in [5.74, 6) is 1.34. The van der Waals surface area contributed by atoms with Crippen LogP contribution >= 0.6 is 0 Å². The molecule has 0 unspecified atom stereocenters. The van der Waals surface area contributed by atoms with Gasteiger partial charge >= 0.3 is 0 Å². The summed E-state index contributed by atoms with van der Waals surface area (Å²) < 4.78 is 1.65. The van der Waals surface area contributed by atoms with E-state index in [0.717, 1.165) is 31.8 Å². The lowest BCUT2D eigenvalue weighted by molar-refractivity contribution is 0.0704. The van der Waals surface area contributed by atoms with Crippen LogP contribution in [0.1, 0.15) is 34.9 Å². The predicted octanol–water partition coefficient (Wildman–Crippen LogP) is 1.16. The molecule has 1 N–H and O–H groups in total. The van der Waals surface area contributed by atoms with Crippen LogP contribution in [0.3, 0.4) is 0 Å². The number of hydrogen-bond donors (Lipinski definition) is 1. The minimum absolute atomic E-state index is 0.0596. The summed E-state index contributed by atoms with van der Waals surface area (Å²) in [4.78, 5) is 21.7. The highest BCUT2D eigenvalue weighted by Gasteiger charge is 2.27. The molecule has 0 bridgehead atoms. The third-order valence-corrected chi connectivity index (χ3v) is 3.57. The Morgan fingerprint density at radius 3 is 3.11 bits per heavy atom. The molecule has 1 atom stereocenters. The van der Waals surface area contributed by atoms with Crippen molar-refractivity contribution < 1.29 is 4.79 Å². The number of hydrogen-bond acceptors (Lipinski definition) is 3. The molecule has 2 aromatic heterocycles. The summed E-state index contributed by atoms with van der Waals surface area (Å²) >= 11 is 0. The molecule has 1 fully saturated rings. The zero-order valence-corrected chi connectivity index (χ0v) is 10.9. The molecule has 0 aromatic carbocycles. The fraction of sp³-hybridized carbons (Fsp3) is 0.462. The molecule has 1 amide bonds. The number of carbonyl (C=O) groups is 1. The van der Waals surface area contributed by atoms with Gasteiger partial charge in [0.1, 0.15) is 5.82 Å². The Bertz CT molecular complexity index is 559. The van der Waals surface area contributed by atoms with Gasteiger partial charge in [-0.2, -0.15) is 5.10 Å². The Hall–Kier alpha value is -2.11. The molecule has 0 aliphatic carbocycles. The van der Waals surface area contributed by atoms with Crippen molar-refractivity contribution in [3.05, 3.63) is 36.2 Å². The highest BCUT2D eigenvalue weighted by molar-refractivity contribution is 5.93. The zero-order chi connectivity index (χ0) is 13.2. The van der Waals surface area contributed by atoms with E-state index in [1.165, 1.54) is 0 Å². The molecule has 0 saturated carbocycles. The van der Waals surface area contributed by atoms with Gasteiger partial charge in [-0.25, -0.2) is 4.98 Å². The van der Waals surface area contributed by atoms with Crippen molar-refractivity contribution in [3.8, 4) is 0 Å². The van der Waals surface area contributed by atoms with Crippen LogP contribution in [0, 0.1) is 0 Å². The fourth-order valence-corrected chi connectivity index (χ4v) is 2.60. The molecule has 1 aliphatic rings. The van der Waals surface area contributed by atoms with Crippen molar-refractivity contribution in [1.29, 1.82) is 0 Å². The van der Waals surface area contributed by atoms with Gasteiger partial charge in [0, 0.05) is 44.6 Å². The van der Waals surface area contributed by atoms with Crippen LogP contribution in [-0.2, 0) is 7.05 Å². The molecule has 6 heteroatoms. The average Bonchev–Trinajstić information content (AvgIpc) is 3.09. The Morgan fingerprint density at radius 2 is 2.42 bits per heavy atom. The maximum atomic E-state index is 12.4. The maximum absolute atomic E-state index is 12.4. The first-order valence-electron chi connectivity index (χ1n) is 6.51. The Morgan fingerprint density at radius 1 is 1.53 bits per heavy atom. The molecule has 1 aliphatic heterocycles. The molecule has 100 valence electrons. The van der Waals surface area contributed by atoms with Gasteiger partial charge in [-0.3, -0.25) is 9.48 Å². The number of rotatable bonds is 2. The van der Waals surface area contributed by atoms with E-state index >= 15 is 0 Å². The van der Waals surface area contributed by atoms with Gasteiger partial charge < -0.3 is 9.88 Å². The second kappa shape index (κ2) is 4.87. The number of aromatic amines is 1. The maximum Gasteiger partial charge on any atom is 0.257 e. The van der Waals surface area contributed by atoms with E-state index in [0.29, 0.717) is 11.5 Å². The number of imidazole rings is 1. The molecule has 2 aromatic rings. The number of nitrogens with one attached hydrogen (secondary N) is 1. The number of piperidine rings is 1. The molecule has 6 nitrogen and oxygen atoms in total. The van der Waals surface area contributed by atoms with Gasteiger partial charge in [0.05, 0.1) is 11.8 Å². The number of carbonyl (C=O) groups excluding carboxylic acids is 1. The third-order valence-electron chi connectivity index (χ3n) is 3.57. The lowest BCUT2D eigenvalue weighted by atomic mass is 9.97. The van der Waals surface area contributed by atoms with Crippen LogP contribution < -0.4 is 0 Å². The van der Waals surface area contributed by atoms with Crippen LogP contribution in [0.4, 0.5) is 0 Å². The van der Waals surface area contributed by atoms with Crippen LogP contribution in [0.2, 0.25) is 0 Å². The summed E-state index contributed by atoms with van der Waals surface area (Å²) in [6.07, 6.45) is 9.06. The van der Waals surface area contributed by atoms with Crippen molar-refractivity contribution in [1.82, 2.24) is 24.6 Å². The number of aromatic nitrogens is 4. The Balaban J connectivity index is 1.73. The van der Waals surface area contributed by atoms with Gasteiger partial charge in [-0.1, -0.05) is 0 Å². The molecule has 19 heavy (non-hydrogen) atoms. The summed E-state index contributed by atoms with van der Waals surface area (Å²) in [6.45, 7) is 1.53. The van der Waals surface area contributed by atoms with E-state index in [9.17, 15) is 4.79 Å². The van der Waals surface area contributed by atoms with Crippen molar-refractivity contribution in [3.63, 3.8) is 0 Å². The minimum Gasteiger partial charge on any atom is -0.348 e. The predicted molar refractivity (Wildman–Crippen MR) is 69.7 cm³/mol. The first-order chi connectivity index (χ1) is 9.24. The monoisotopic (exact) mass is 259 g/mol. The lowest BCUT2D eigenvalue weighted by Crippen LogP contribution is -2.39. The van der Waals surface area contributed by atoms with E-state index in [1.807, 2.05) is 18.1 Å².